The van der Waals surface area contributed by atoms with Gasteiger partial charge in [0.05, 0.1) is 9.85 Å². The van der Waals surface area contributed by atoms with E-state index in [0.29, 0.717) is 0 Å². The standard InChI is InChI=1S/C16H12BrClS/c17-14(16-15(18)7-8-19-16)10-11-5-6-12-3-1-2-4-13(12)9-11/h1-9,14H,10H2. The van der Waals surface area contributed by atoms with E-state index < -0.39 is 0 Å². The van der Waals surface area contributed by atoms with Crippen molar-refractivity contribution in [3.63, 3.8) is 0 Å². The number of thiophene rings is 1. The van der Waals surface area contributed by atoms with Gasteiger partial charge in [-0.2, -0.15) is 0 Å². The van der Waals surface area contributed by atoms with E-state index in [0.717, 1.165) is 11.4 Å². The Morgan fingerprint density at radius 1 is 1.05 bits per heavy atom. The van der Waals surface area contributed by atoms with Gasteiger partial charge in [0.1, 0.15) is 0 Å². The maximum atomic E-state index is 6.18. The van der Waals surface area contributed by atoms with E-state index in [9.17, 15) is 0 Å². The zero-order valence-corrected chi connectivity index (χ0v) is 13.3. The smallest absolute Gasteiger partial charge is 0.0556 e. The fourth-order valence-electron chi connectivity index (χ4n) is 2.19. The van der Waals surface area contributed by atoms with Gasteiger partial charge in [-0.3, -0.25) is 0 Å². The average molecular weight is 352 g/mol. The minimum atomic E-state index is 0.279. The van der Waals surface area contributed by atoms with Gasteiger partial charge >= 0.3 is 0 Å². The SMILES string of the molecule is Clc1ccsc1C(Br)Cc1ccc2ccccc2c1. The topological polar surface area (TPSA) is 0 Å². The lowest BCUT2D eigenvalue weighted by molar-refractivity contribution is 0.972. The fraction of sp³-hybridized carbons (Fsp3) is 0.125. The molecule has 1 heterocycles. The van der Waals surface area contributed by atoms with Crippen molar-refractivity contribution in [2.45, 2.75) is 11.2 Å². The van der Waals surface area contributed by atoms with Crippen LogP contribution in [0.5, 0.6) is 0 Å². The monoisotopic (exact) mass is 350 g/mol. The Kier molecular flexibility index (Phi) is 3.92. The highest BCUT2D eigenvalue weighted by molar-refractivity contribution is 9.09. The molecule has 2 aromatic carbocycles. The molecule has 0 aliphatic carbocycles. The Bertz CT molecular complexity index is 705. The summed E-state index contributed by atoms with van der Waals surface area (Å²) in [5, 5.41) is 5.46. The minimum absolute atomic E-state index is 0.279. The van der Waals surface area contributed by atoms with Crippen LogP contribution in [0.4, 0.5) is 0 Å². The molecule has 0 bridgehead atoms. The Morgan fingerprint density at radius 3 is 2.58 bits per heavy atom. The first-order valence-corrected chi connectivity index (χ1v) is 8.26. The van der Waals surface area contributed by atoms with Gasteiger partial charge in [-0.1, -0.05) is 70.0 Å². The first-order chi connectivity index (χ1) is 9.24. The molecule has 0 saturated carbocycles. The molecule has 0 amide bonds. The molecular formula is C16H12BrClS. The average Bonchev–Trinajstić information content (AvgIpc) is 2.85. The van der Waals surface area contributed by atoms with Crippen molar-refractivity contribution in [3.8, 4) is 0 Å². The molecule has 3 rings (SSSR count). The molecule has 0 saturated heterocycles. The molecule has 0 nitrogen and oxygen atoms in total. The van der Waals surface area contributed by atoms with Crippen LogP contribution in [0.15, 0.2) is 53.9 Å². The van der Waals surface area contributed by atoms with Gasteiger partial charge in [0.15, 0.2) is 0 Å². The van der Waals surface area contributed by atoms with E-state index in [1.54, 1.807) is 11.3 Å². The Labute approximate surface area is 130 Å². The maximum Gasteiger partial charge on any atom is 0.0556 e. The van der Waals surface area contributed by atoms with Crippen LogP contribution in [-0.4, -0.2) is 0 Å². The Morgan fingerprint density at radius 2 is 1.84 bits per heavy atom. The van der Waals surface area contributed by atoms with Gasteiger partial charge in [0.2, 0.25) is 0 Å². The number of hydrogen-bond acceptors (Lipinski definition) is 1. The second kappa shape index (κ2) is 5.66. The zero-order chi connectivity index (χ0) is 13.2. The molecule has 1 aromatic heterocycles. The molecule has 0 spiro atoms. The van der Waals surface area contributed by atoms with E-state index in [4.69, 9.17) is 11.6 Å². The molecule has 0 aliphatic heterocycles. The summed E-state index contributed by atoms with van der Waals surface area (Å²) in [5.74, 6) is 0. The second-order valence-electron chi connectivity index (χ2n) is 4.49. The normalized spacial score (nSPS) is 12.7. The summed E-state index contributed by atoms with van der Waals surface area (Å²) in [6, 6.07) is 17.0. The zero-order valence-electron chi connectivity index (χ0n) is 10.1. The summed E-state index contributed by atoms with van der Waals surface area (Å²) in [6.45, 7) is 0. The second-order valence-corrected chi connectivity index (χ2v) is 6.95. The van der Waals surface area contributed by atoms with E-state index in [1.165, 1.54) is 21.2 Å². The molecule has 0 radical (unpaired) electrons. The largest absolute Gasteiger partial charge is 0.146 e. The summed E-state index contributed by atoms with van der Waals surface area (Å²) in [7, 11) is 0. The number of fused-ring (bicyclic) bond motifs is 1. The summed E-state index contributed by atoms with van der Waals surface area (Å²) in [5.41, 5.74) is 1.32. The first kappa shape index (κ1) is 13.2. The van der Waals surface area contributed by atoms with Crippen LogP contribution in [0.2, 0.25) is 5.02 Å². The third-order valence-electron chi connectivity index (χ3n) is 3.16. The van der Waals surface area contributed by atoms with Gasteiger partial charge in [-0.15, -0.1) is 11.3 Å². The van der Waals surface area contributed by atoms with E-state index >= 15 is 0 Å². The number of benzene rings is 2. The third kappa shape index (κ3) is 2.86. The minimum Gasteiger partial charge on any atom is -0.146 e. The summed E-state index contributed by atoms with van der Waals surface area (Å²) < 4.78 is 0. The molecule has 96 valence electrons. The van der Waals surface area contributed by atoms with Crippen molar-refractivity contribution in [2.24, 2.45) is 0 Å². The van der Waals surface area contributed by atoms with Gasteiger partial charge in [0.25, 0.3) is 0 Å². The van der Waals surface area contributed by atoms with Crippen LogP contribution in [0.1, 0.15) is 15.3 Å². The predicted molar refractivity (Wildman–Crippen MR) is 88.6 cm³/mol. The fourth-order valence-corrected chi connectivity index (χ4v) is 4.44. The third-order valence-corrected chi connectivity index (χ3v) is 5.71. The van der Waals surface area contributed by atoms with Crippen LogP contribution < -0.4 is 0 Å². The van der Waals surface area contributed by atoms with Crippen LogP contribution in [-0.2, 0) is 6.42 Å². The van der Waals surface area contributed by atoms with E-state index in [2.05, 4.69) is 58.4 Å². The Balaban J connectivity index is 1.87. The summed E-state index contributed by atoms with van der Waals surface area (Å²) in [6.07, 6.45) is 0.949. The first-order valence-electron chi connectivity index (χ1n) is 6.08. The molecule has 3 heteroatoms. The molecule has 0 aliphatic rings. The highest BCUT2D eigenvalue weighted by Gasteiger charge is 2.13. The lowest BCUT2D eigenvalue weighted by atomic mass is 10.0. The molecule has 3 aromatic rings. The highest BCUT2D eigenvalue weighted by Crippen LogP contribution is 2.36. The lowest BCUT2D eigenvalue weighted by Crippen LogP contribution is -1.93. The molecule has 1 atom stereocenters. The molecule has 19 heavy (non-hydrogen) atoms. The van der Waals surface area contributed by atoms with E-state index in [-0.39, 0.29) is 4.83 Å². The van der Waals surface area contributed by atoms with Crippen LogP contribution >= 0.6 is 38.9 Å². The molecule has 0 N–H and O–H groups in total. The number of hydrogen-bond donors (Lipinski definition) is 0. The molecule has 0 fully saturated rings. The van der Waals surface area contributed by atoms with Gasteiger partial charge in [-0.25, -0.2) is 0 Å². The number of rotatable bonds is 3. The van der Waals surface area contributed by atoms with Crippen molar-refractivity contribution in [1.82, 2.24) is 0 Å². The number of alkyl halides is 1. The predicted octanol–water partition coefficient (Wildman–Crippen LogP) is 6.23. The molecular weight excluding hydrogens is 340 g/mol. The van der Waals surface area contributed by atoms with Crippen LogP contribution in [0, 0.1) is 0 Å². The van der Waals surface area contributed by atoms with Crippen molar-refractivity contribution in [1.29, 1.82) is 0 Å². The Hall–Kier alpha value is -0.830. The summed E-state index contributed by atoms with van der Waals surface area (Å²) >= 11 is 11.6. The van der Waals surface area contributed by atoms with Crippen molar-refractivity contribution >= 4 is 49.6 Å². The van der Waals surface area contributed by atoms with Crippen LogP contribution in [0.25, 0.3) is 10.8 Å². The van der Waals surface area contributed by atoms with Crippen LogP contribution in [0.3, 0.4) is 0 Å². The molecule has 1 unspecified atom stereocenters. The van der Waals surface area contributed by atoms with Gasteiger partial charge in [-0.05, 0) is 34.2 Å². The van der Waals surface area contributed by atoms with Gasteiger partial charge in [0, 0.05) is 4.88 Å². The summed E-state index contributed by atoms with van der Waals surface area (Å²) in [4.78, 5) is 1.48. The van der Waals surface area contributed by atoms with Crippen molar-refractivity contribution < 1.29 is 0 Å². The van der Waals surface area contributed by atoms with Gasteiger partial charge < -0.3 is 0 Å². The van der Waals surface area contributed by atoms with Crippen molar-refractivity contribution in [3.05, 3.63) is 69.4 Å². The van der Waals surface area contributed by atoms with Crippen molar-refractivity contribution in [2.75, 3.05) is 0 Å². The lowest BCUT2D eigenvalue weighted by Gasteiger charge is -2.09. The van der Waals surface area contributed by atoms with E-state index in [1.807, 2.05) is 11.4 Å². The number of halogens is 2. The highest BCUT2D eigenvalue weighted by atomic mass is 79.9. The quantitative estimate of drug-likeness (QED) is 0.490. The maximum absolute atomic E-state index is 6.18.